The van der Waals surface area contributed by atoms with Gasteiger partial charge in [-0.05, 0) is 92.2 Å². The first-order valence-corrected chi connectivity index (χ1v) is 50.7. The Balaban J connectivity index is 0.000000296. The fraction of sp³-hybridized carbons (Fsp3) is 0.246. The number of non-ortho nitro benzene ring substituents is 3. The van der Waals surface area contributed by atoms with Crippen LogP contribution in [0.25, 0.3) is 22.5 Å². The second-order valence-electron chi connectivity index (χ2n) is 24.7. The molecule has 35 nitrogen and oxygen atoms in total. The molecule has 0 bridgehead atoms. The highest BCUT2D eigenvalue weighted by Crippen LogP contribution is 2.48. The Kier molecular flexibility index (Phi) is 36.8. The van der Waals surface area contributed by atoms with Gasteiger partial charge in [-0.3, -0.25) is 58.0 Å². The van der Waals surface area contributed by atoms with Crippen molar-refractivity contribution in [1.82, 2.24) is 19.9 Å². The van der Waals surface area contributed by atoms with E-state index in [2.05, 4.69) is 29.0 Å². The molecule has 5 atom stereocenters. The maximum Gasteiger partial charge on any atom is 0.358 e. The number of aromatic nitrogens is 4. The number of carboxylic acid groups (broad SMARTS) is 1. The van der Waals surface area contributed by atoms with Crippen molar-refractivity contribution >= 4 is 136 Å². The molecule has 9 aromatic rings. The van der Waals surface area contributed by atoms with E-state index in [0.29, 0.717) is 28.1 Å². The van der Waals surface area contributed by atoms with Crippen LogP contribution in [0, 0.1) is 44.2 Å². The highest BCUT2D eigenvalue weighted by Gasteiger charge is 2.30. The zero-order chi connectivity index (χ0) is 86.0. The lowest BCUT2D eigenvalue weighted by atomic mass is 10.1. The summed E-state index contributed by atoms with van der Waals surface area (Å²) < 4.78 is 149. The van der Waals surface area contributed by atoms with Crippen molar-refractivity contribution in [3.8, 4) is 22.5 Å². The van der Waals surface area contributed by atoms with Crippen LogP contribution in [0.1, 0.15) is 37.7 Å². The summed E-state index contributed by atoms with van der Waals surface area (Å²) in [5.74, 6) is -1.56. The molecule has 2 heterocycles. The summed E-state index contributed by atoms with van der Waals surface area (Å²) in [5, 5.41) is 40.1. The highest BCUT2D eigenvalue weighted by molar-refractivity contribution is 8.05. The van der Waals surface area contributed by atoms with Crippen LogP contribution < -0.4 is 17.2 Å². The summed E-state index contributed by atoms with van der Waals surface area (Å²) in [6.07, 6.45) is 2.95. The highest BCUT2D eigenvalue weighted by atomic mass is 32.2. The molecule has 614 valence electrons. The predicted molar refractivity (Wildman–Crippen MR) is 440 cm³/mol. The molecule has 9 rings (SSSR count). The number of Topliss-reactive ketones (excluding diaryl/α,β-unsaturated/α-hetero) is 1. The van der Waals surface area contributed by atoms with Gasteiger partial charge in [0, 0.05) is 131 Å². The molecule has 45 heteroatoms. The Bertz CT molecular complexity index is 5480. The SMILES string of the molecule is COP(C)(=O)CS(=O)(=O)c1ccc(CC(=O)c2nc(-c3ccc(C)cc3)cnc2N)cc1.COP(C)(=O)CS(=O)(=O)c1ccc(N)cc1.COP(C)(=O)CS(=O)(=O)c1ccc([N+](=O)[O-])cc1.COP(C)(=O)CSc1ccc([N+](=O)[O-])cc1.CP(=O)(O)CSc1ccc([N+](=O)[O-])cc1.Cc1ccc(-c2cnc(N)c(C(=O)O)n2)cc1. The molecule has 5 unspecified atom stereocenters. The van der Waals surface area contributed by atoms with Crippen molar-refractivity contribution in [3.05, 3.63) is 241 Å². The third-order valence-electron chi connectivity index (χ3n) is 14.8. The minimum Gasteiger partial charge on any atom is -0.476 e. The Hall–Kier alpha value is -9.06. The second-order valence-corrected chi connectivity index (χ2v) is 48.2. The predicted octanol–water partition coefficient (Wildman–Crippen LogP) is 14.7. The van der Waals surface area contributed by atoms with Gasteiger partial charge in [0.1, 0.15) is 22.2 Å². The lowest BCUT2D eigenvalue weighted by Crippen LogP contribution is -2.12. The Labute approximate surface area is 666 Å². The molecule has 0 aliphatic carbocycles. The van der Waals surface area contributed by atoms with E-state index < -0.39 is 104 Å². The summed E-state index contributed by atoms with van der Waals surface area (Å²) in [4.78, 5) is 80.3. The van der Waals surface area contributed by atoms with Crippen molar-refractivity contribution < 1.29 is 101 Å². The molecule has 0 aliphatic heterocycles. The Morgan fingerprint density at radius 1 is 0.447 bits per heavy atom. The number of nitrogens with two attached hydrogens (primary N) is 3. The third kappa shape index (κ3) is 33.4. The van der Waals surface area contributed by atoms with Gasteiger partial charge in [0.05, 0.1) is 64.2 Å². The summed E-state index contributed by atoms with van der Waals surface area (Å²) in [5.41, 5.74) is 21.2. The summed E-state index contributed by atoms with van der Waals surface area (Å²) in [6.45, 7) is 10.6. The van der Waals surface area contributed by atoms with Crippen molar-refractivity contribution in [1.29, 1.82) is 0 Å². The largest absolute Gasteiger partial charge is 0.476 e. The van der Waals surface area contributed by atoms with E-state index in [9.17, 15) is 88.0 Å². The number of ketones is 1. The number of nitrogen functional groups attached to an aromatic ring is 3. The number of nitrogens with zero attached hydrogens (tertiary/aromatic N) is 7. The number of aryl methyl sites for hydroxylation is 2. The molecule has 0 aliphatic rings. The zero-order valence-corrected chi connectivity index (χ0v) is 71.5. The fourth-order valence-corrected chi connectivity index (χ4v) is 24.8. The van der Waals surface area contributed by atoms with Crippen molar-refractivity contribution in [2.45, 2.75) is 44.7 Å². The number of nitro groups is 3. The minimum absolute atomic E-state index is 0.00787. The molecular formula is C69H83N10O25P5S5. The molecule has 8 N–H and O–H groups in total. The number of rotatable bonds is 28. The second kappa shape index (κ2) is 43.1. The maximum absolute atomic E-state index is 12.8. The monoisotopic (exact) mass is 1770 g/mol. The topological polar surface area (TPSA) is 558 Å². The van der Waals surface area contributed by atoms with Crippen LogP contribution in [0.2, 0.25) is 0 Å². The van der Waals surface area contributed by atoms with Crippen LogP contribution in [0.5, 0.6) is 0 Å². The molecule has 0 saturated carbocycles. The lowest BCUT2D eigenvalue weighted by Gasteiger charge is -2.11. The molecule has 0 radical (unpaired) electrons. The van der Waals surface area contributed by atoms with Gasteiger partial charge in [0.25, 0.3) is 17.1 Å². The van der Waals surface area contributed by atoms with Crippen LogP contribution in [0.3, 0.4) is 0 Å². The third-order valence-corrected chi connectivity index (χ3v) is 36.7. The normalized spacial score (nSPS) is 13.8. The zero-order valence-electron chi connectivity index (χ0n) is 63.0. The van der Waals surface area contributed by atoms with Crippen LogP contribution in [0.15, 0.2) is 207 Å². The first-order valence-electron chi connectivity index (χ1n) is 32.4. The molecule has 0 fully saturated rings. The van der Waals surface area contributed by atoms with Gasteiger partial charge in [-0.1, -0.05) is 71.8 Å². The van der Waals surface area contributed by atoms with Crippen LogP contribution in [0.4, 0.5) is 34.4 Å². The van der Waals surface area contributed by atoms with Crippen LogP contribution in [-0.2, 0) is 76.9 Å². The number of carboxylic acids is 1. The van der Waals surface area contributed by atoms with Crippen molar-refractivity contribution in [3.63, 3.8) is 0 Å². The van der Waals surface area contributed by atoms with Crippen molar-refractivity contribution in [2.75, 3.05) is 106 Å². The van der Waals surface area contributed by atoms with E-state index in [1.165, 1.54) is 164 Å². The first kappa shape index (κ1) is 97.3. The number of nitro benzene ring substituents is 3. The van der Waals surface area contributed by atoms with Gasteiger partial charge in [-0.2, -0.15) is 0 Å². The Morgan fingerprint density at radius 3 is 1.06 bits per heavy atom. The first-order chi connectivity index (χ1) is 52.8. The average molecular weight is 1770 g/mol. The van der Waals surface area contributed by atoms with Gasteiger partial charge in [0.2, 0.25) is 36.8 Å². The molecule has 0 spiro atoms. The van der Waals surface area contributed by atoms with Gasteiger partial charge >= 0.3 is 5.97 Å². The van der Waals surface area contributed by atoms with E-state index in [1.54, 1.807) is 30.9 Å². The number of aromatic carboxylic acids is 1. The minimum atomic E-state index is -3.79. The number of hydrogen-bond acceptors (Lipinski definition) is 32. The number of sulfone groups is 3. The van der Waals surface area contributed by atoms with E-state index >= 15 is 0 Å². The van der Waals surface area contributed by atoms with Crippen LogP contribution in [-0.4, -0.2) is 171 Å². The standard InChI is InChI=1S/C22H24N3O5PS.C12H11N3O2.C9H12NO6PS.C9H14NO4PS.C9H12NO4PS.C8H10NO4PS/c1-15-4-8-17(9-5-15)19-13-24-22(23)21(25-19)20(26)12-16-6-10-18(11-7-16)32(28,29)14-31(3,27)30-2;1-7-2-4-8(5-3-7)9-6-14-11(13)10(15-9)12(16)17;1-16-17(2,13)7-18(14,15)9-5-3-8(4-6-9)10(11)12;1-14-15(2,11)7-16(12,13)9-5-3-8(10)4-6-9;1-14-15(2,13)7-16-9-5-3-8(4-6-9)10(11)12;1-14(12,13)6-15-8-4-2-7(3-5-8)9(10)11/h4-11,13H,12,14H2,1-3H3,(H2,23,24);2-6H,1H3,(H2,13,14)(H,16,17);3-6H,7H2,1-2H3;3-6H,7,10H2,1-2H3;3-6H,7H2,1-2H3;2-5H,6H2,1H3,(H,12,13). The molecule has 0 amide bonds. The van der Waals surface area contributed by atoms with E-state index in [4.69, 9.17) is 36.2 Å². The van der Waals surface area contributed by atoms with Gasteiger partial charge in [-0.25, -0.2) is 50.0 Å². The quantitative estimate of drug-likeness (QED) is 0.00759. The fourth-order valence-electron chi connectivity index (χ4n) is 8.50. The summed E-state index contributed by atoms with van der Waals surface area (Å²) >= 11 is 2.57. The van der Waals surface area contributed by atoms with Crippen molar-refractivity contribution in [2.24, 2.45) is 0 Å². The number of carbonyl (C=O) groups is 2. The van der Waals surface area contributed by atoms with Crippen LogP contribution >= 0.6 is 60.4 Å². The number of hydrogen-bond donors (Lipinski definition) is 5. The summed E-state index contributed by atoms with van der Waals surface area (Å²) in [6, 6.07) is 43.2. The van der Waals surface area contributed by atoms with E-state index in [1.807, 2.05) is 62.4 Å². The van der Waals surface area contributed by atoms with Gasteiger partial charge in [-0.15, -0.1) is 23.5 Å². The van der Waals surface area contributed by atoms with Gasteiger partial charge in [0.15, 0.2) is 52.6 Å². The molecule has 2 aromatic heterocycles. The number of thioether (sulfide) groups is 2. The van der Waals surface area contributed by atoms with E-state index in [-0.39, 0.29) is 72.5 Å². The smallest absolute Gasteiger partial charge is 0.358 e. The maximum atomic E-state index is 12.8. The molecule has 0 saturated heterocycles. The van der Waals surface area contributed by atoms with E-state index in [0.717, 1.165) is 56.3 Å². The number of benzene rings is 7. The number of carbonyl (C=O) groups excluding carboxylic acids is 1. The average Bonchev–Trinajstić information content (AvgIpc) is 0.809. The Morgan fingerprint density at radius 2 is 0.746 bits per heavy atom. The van der Waals surface area contributed by atoms with Gasteiger partial charge < -0.3 is 45.3 Å². The lowest BCUT2D eigenvalue weighted by molar-refractivity contribution is -0.385. The molecule has 114 heavy (non-hydrogen) atoms. The molecular weight excluding hydrogens is 1680 g/mol. The summed E-state index contributed by atoms with van der Waals surface area (Å²) in [7, 11) is -21.2. The molecule has 7 aromatic carbocycles. The number of anilines is 3.